The molecular formula is C23H30O3S. The van der Waals surface area contributed by atoms with Crippen LogP contribution in [0.15, 0.2) is 36.4 Å². The van der Waals surface area contributed by atoms with Crippen molar-refractivity contribution in [3.05, 3.63) is 64.2 Å². The lowest BCUT2D eigenvalue weighted by Crippen LogP contribution is -2.38. The van der Waals surface area contributed by atoms with Crippen molar-refractivity contribution in [2.75, 3.05) is 6.61 Å². The van der Waals surface area contributed by atoms with Gasteiger partial charge in [-0.05, 0) is 73.6 Å². The summed E-state index contributed by atoms with van der Waals surface area (Å²) >= 11 is 1.77. The predicted molar refractivity (Wildman–Crippen MR) is 113 cm³/mol. The topological polar surface area (TPSA) is 49.7 Å². The van der Waals surface area contributed by atoms with Crippen molar-refractivity contribution in [1.29, 1.82) is 0 Å². The normalized spacial score (nSPS) is 25.4. The molecule has 4 heteroatoms. The Bertz CT molecular complexity index is 772. The Morgan fingerprint density at radius 1 is 1.07 bits per heavy atom. The average Bonchev–Trinajstić information content (AvgIpc) is 2.62. The molecule has 4 atom stereocenters. The molecule has 2 aromatic rings. The van der Waals surface area contributed by atoms with E-state index in [9.17, 15) is 10.2 Å². The summed E-state index contributed by atoms with van der Waals surface area (Å²) in [7, 11) is 0. The second kappa shape index (κ2) is 8.68. The van der Waals surface area contributed by atoms with Gasteiger partial charge in [-0.15, -0.1) is 11.8 Å². The molecule has 3 nitrogen and oxygen atoms in total. The molecule has 1 heterocycles. The molecule has 0 aromatic heterocycles. The SMILES string of the molecule is CCOc1ccc(Cc2cc(C3SC(C)CC(O)C3O)c(C)cc2C)cc1. The minimum atomic E-state index is -0.717. The number of benzene rings is 2. The van der Waals surface area contributed by atoms with Gasteiger partial charge in [0.25, 0.3) is 0 Å². The second-order valence-electron chi connectivity index (χ2n) is 7.55. The third-order valence-electron chi connectivity index (χ3n) is 5.32. The highest BCUT2D eigenvalue weighted by Gasteiger charge is 2.36. The average molecular weight is 387 g/mol. The van der Waals surface area contributed by atoms with E-state index in [0.29, 0.717) is 18.3 Å². The van der Waals surface area contributed by atoms with Crippen LogP contribution in [-0.2, 0) is 6.42 Å². The highest BCUT2D eigenvalue weighted by atomic mass is 32.2. The van der Waals surface area contributed by atoms with Gasteiger partial charge in [0.1, 0.15) is 5.75 Å². The van der Waals surface area contributed by atoms with Crippen molar-refractivity contribution in [1.82, 2.24) is 0 Å². The van der Waals surface area contributed by atoms with Gasteiger partial charge in [-0.1, -0.05) is 31.2 Å². The number of hydrogen-bond donors (Lipinski definition) is 2. The molecule has 0 amide bonds. The van der Waals surface area contributed by atoms with Crippen LogP contribution in [0.4, 0.5) is 0 Å². The number of rotatable bonds is 5. The van der Waals surface area contributed by atoms with Crippen LogP contribution in [0, 0.1) is 13.8 Å². The van der Waals surface area contributed by atoms with Gasteiger partial charge in [-0.25, -0.2) is 0 Å². The molecule has 1 saturated heterocycles. The molecule has 0 spiro atoms. The van der Waals surface area contributed by atoms with Crippen molar-refractivity contribution in [3.8, 4) is 5.75 Å². The lowest BCUT2D eigenvalue weighted by atomic mass is 9.91. The van der Waals surface area contributed by atoms with Crippen molar-refractivity contribution in [3.63, 3.8) is 0 Å². The molecule has 0 bridgehead atoms. The monoisotopic (exact) mass is 386 g/mol. The van der Waals surface area contributed by atoms with E-state index in [4.69, 9.17) is 4.74 Å². The quantitative estimate of drug-likeness (QED) is 0.790. The molecule has 2 N–H and O–H groups in total. The predicted octanol–water partition coefficient (Wildman–Crippen LogP) is 4.58. The van der Waals surface area contributed by atoms with E-state index in [1.54, 1.807) is 11.8 Å². The summed E-state index contributed by atoms with van der Waals surface area (Å²) in [5.41, 5.74) is 6.08. The summed E-state index contributed by atoms with van der Waals surface area (Å²) in [6.45, 7) is 9.02. The summed E-state index contributed by atoms with van der Waals surface area (Å²) < 4.78 is 5.53. The van der Waals surface area contributed by atoms with Crippen molar-refractivity contribution < 1.29 is 14.9 Å². The molecule has 0 aliphatic carbocycles. The fourth-order valence-electron chi connectivity index (χ4n) is 3.83. The Balaban J connectivity index is 1.87. The maximum Gasteiger partial charge on any atom is 0.119 e. The highest BCUT2D eigenvalue weighted by Crippen LogP contribution is 2.44. The van der Waals surface area contributed by atoms with Crippen LogP contribution in [-0.4, -0.2) is 34.3 Å². The maximum absolute atomic E-state index is 10.6. The molecule has 1 fully saturated rings. The lowest BCUT2D eigenvalue weighted by molar-refractivity contribution is 0.00873. The molecule has 0 saturated carbocycles. The molecule has 1 aliphatic heterocycles. The van der Waals surface area contributed by atoms with Crippen molar-refractivity contribution in [2.24, 2.45) is 0 Å². The van der Waals surface area contributed by atoms with E-state index >= 15 is 0 Å². The number of hydrogen-bond acceptors (Lipinski definition) is 4. The van der Waals surface area contributed by atoms with Crippen LogP contribution in [0.2, 0.25) is 0 Å². The van der Waals surface area contributed by atoms with E-state index in [2.05, 4.69) is 45.0 Å². The van der Waals surface area contributed by atoms with E-state index in [1.807, 2.05) is 19.1 Å². The molecular weight excluding hydrogens is 356 g/mol. The Labute approximate surface area is 166 Å². The Kier molecular flexibility index (Phi) is 6.51. The van der Waals surface area contributed by atoms with E-state index in [-0.39, 0.29) is 5.25 Å². The summed E-state index contributed by atoms with van der Waals surface area (Å²) in [5, 5.41) is 21.1. The number of aliphatic hydroxyl groups excluding tert-OH is 2. The zero-order valence-corrected chi connectivity index (χ0v) is 17.4. The Hall–Kier alpha value is -1.49. The Morgan fingerprint density at radius 3 is 2.44 bits per heavy atom. The minimum Gasteiger partial charge on any atom is -0.494 e. The largest absolute Gasteiger partial charge is 0.494 e. The molecule has 1 aliphatic rings. The van der Waals surface area contributed by atoms with Crippen molar-refractivity contribution in [2.45, 2.75) is 63.2 Å². The zero-order chi connectivity index (χ0) is 19.6. The first-order valence-electron chi connectivity index (χ1n) is 9.72. The summed E-state index contributed by atoms with van der Waals surface area (Å²) in [4.78, 5) is 0. The standard InChI is InChI=1S/C23H30O3S/c1-5-26-19-8-6-17(7-9-19)12-18-13-20(15(3)10-14(18)2)23-22(25)21(24)11-16(4)27-23/h6-10,13,16,21-25H,5,11-12H2,1-4H3. The van der Waals surface area contributed by atoms with Gasteiger partial charge in [0.05, 0.1) is 24.1 Å². The first-order valence-corrected chi connectivity index (χ1v) is 10.7. The lowest BCUT2D eigenvalue weighted by Gasteiger charge is -2.36. The summed E-state index contributed by atoms with van der Waals surface area (Å²) in [6.07, 6.45) is 0.121. The fourth-order valence-corrected chi connectivity index (χ4v) is 5.38. The highest BCUT2D eigenvalue weighted by molar-refractivity contribution is 8.00. The van der Waals surface area contributed by atoms with Crippen LogP contribution in [0.25, 0.3) is 0 Å². The van der Waals surface area contributed by atoms with Gasteiger partial charge in [0, 0.05) is 5.25 Å². The van der Waals surface area contributed by atoms with Gasteiger partial charge < -0.3 is 14.9 Å². The van der Waals surface area contributed by atoms with Gasteiger partial charge in [-0.2, -0.15) is 0 Å². The van der Waals surface area contributed by atoms with E-state index in [1.165, 1.54) is 22.3 Å². The molecule has 27 heavy (non-hydrogen) atoms. The summed E-state index contributed by atoms with van der Waals surface area (Å²) in [6, 6.07) is 12.7. The van der Waals surface area contributed by atoms with Crippen LogP contribution >= 0.6 is 11.8 Å². The fraction of sp³-hybridized carbons (Fsp3) is 0.478. The van der Waals surface area contributed by atoms with Crippen molar-refractivity contribution >= 4 is 11.8 Å². The smallest absolute Gasteiger partial charge is 0.119 e. The summed E-state index contributed by atoms with van der Waals surface area (Å²) in [5.74, 6) is 0.896. The van der Waals surface area contributed by atoms with Crippen LogP contribution in [0.1, 0.15) is 53.3 Å². The number of thioether (sulfide) groups is 1. The third kappa shape index (κ3) is 4.68. The van der Waals surface area contributed by atoms with E-state index < -0.39 is 12.2 Å². The minimum absolute atomic E-state index is 0.0802. The van der Waals surface area contributed by atoms with Crippen LogP contribution in [0.5, 0.6) is 5.75 Å². The molecule has 3 rings (SSSR count). The van der Waals surface area contributed by atoms with Gasteiger partial charge >= 0.3 is 0 Å². The van der Waals surface area contributed by atoms with Gasteiger partial charge in [0.2, 0.25) is 0 Å². The van der Waals surface area contributed by atoms with Gasteiger partial charge in [-0.3, -0.25) is 0 Å². The molecule has 4 unspecified atom stereocenters. The Morgan fingerprint density at radius 2 is 1.78 bits per heavy atom. The van der Waals surface area contributed by atoms with Crippen LogP contribution in [0.3, 0.4) is 0 Å². The first-order chi connectivity index (χ1) is 12.9. The number of ether oxygens (including phenoxy) is 1. The zero-order valence-electron chi connectivity index (χ0n) is 16.6. The van der Waals surface area contributed by atoms with E-state index in [0.717, 1.165) is 17.7 Å². The molecule has 2 aromatic carbocycles. The molecule has 146 valence electrons. The molecule has 0 radical (unpaired) electrons. The van der Waals surface area contributed by atoms with Crippen LogP contribution < -0.4 is 4.74 Å². The maximum atomic E-state index is 10.6. The van der Waals surface area contributed by atoms with Gasteiger partial charge in [0.15, 0.2) is 0 Å². The first kappa shape index (κ1) is 20.2. The second-order valence-corrected chi connectivity index (χ2v) is 9.13. The number of aliphatic hydroxyl groups is 2. The number of aryl methyl sites for hydroxylation is 2. The third-order valence-corrected chi connectivity index (χ3v) is 6.80.